The van der Waals surface area contributed by atoms with Crippen LogP contribution in [0.15, 0.2) is 28.7 Å². The van der Waals surface area contributed by atoms with Crippen molar-refractivity contribution >= 4 is 15.9 Å². The van der Waals surface area contributed by atoms with Crippen LogP contribution in [0.1, 0.15) is 24.4 Å². The van der Waals surface area contributed by atoms with Crippen LogP contribution in [-0.2, 0) is 0 Å². The molecule has 0 aromatic heterocycles. The molecule has 14 heavy (non-hydrogen) atoms. The molecular weight excluding hydrogens is 240 g/mol. The highest BCUT2D eigenvalue weighted by atomic mass is 79.9. The normalized spacial score (nSPS) is 12.8. The van der Waals surface area contributed by atoms with Crippen molar-refractivity contribution in [3.05, 3.63) is 34.3 Å². The van der Waals surface area contributed by atoms with E-state index in [1.165, 1.54) is 5.56 Å². The van der Waals surface area contributed by atoms with Gasteiger partial charge in [-0.15, -0.1) is 0 Å². The van der Waals surface area contributed by atoms with Crippen molar-refractivity contribution in [2.45, 2.75) is 18.9 Å². The molecule has 0 spiro atoms. The second-order valence-electron chi connectivity index (χ2n) is 3.37. The zero-order valence-corrected chi connectivity index (χ0v) is 10.0. The highest BCUT2D eigenvalue weighted by molar-refractivity contribution is 9.10. The lowest BCUT2D eigenvalue weighted by Gasteiger charge is -2.13. The van der Waals surface area contributed by atoms with Gasteiger partial charge in [0.15, 0.2) is 0 Å². The third kappa shape index (κ3) is 3.40. The first-order chi connectivity index (χ1) is 6.75. The molecule has 2 nitrogen and oxygen atoms in total. The highest BCUT2D eigenvalue weighted by Crippen LogP contribution is 2.24. The Morgan fingerprint density at radius 2 is 2.14 bits per heavy atom. The van der Waals surface area contributed by atoms with E-state index in [0.29, 0.717) is 0 Å². The molecule has 0 amide bonds. The summed E-state index contributed by atoms with van der Waals surface area (Å²) in [6.07, 6.45) is 2.13. The minimum atomic E-state index is 0.138. The van der Waals surface area contributed by atoms with E-state index >= 15 is 0 Å². The predicted octanol–water partition coefficient (Wildman–Crippen LogP) is 2.45. The van der Waals surface area contributed by atoms with Gasteiger partial charge in [-0.05, 0) is 38.1 Å². The fraction of sp³-hybridized carbons (Fsp3) is 0.455. The number of rotatable bonds is 5. The molecule has 0 bridgehead atoms. The molecule has 3 heteroatoms. The first-order valence-electron chi connectivity index (χ1n) is 4.90. The molecule has 0 saturated heterocycles. The van der Waals surface area contributed by atoms with Crippen LogP contribution in [0.3, 0.4) is 0 Å². The van der Waals surface area contributed by atoms with E-state index in [9.17, 15) is 0 Å². The van der Waals surface area contributed by atoms with Gasteiger partial charge in [0.05, 0.1) is 0 Å². The summed E-state index contributed by atoms with van der Waals surface area (Å²) >= 11 is 3.51. The maximum atomic E-state index is 6.08. The molecule has 0 saturated carbocycles. The molecule has 1 aromatic rings. The Bertz CT molecular complexity index is 276. The Morgan fingerprint density at radius 3 is 2.79 bits per heavy atom. The van der Waals surface area contributed by atoms with Crippen LogP contribution in [0.2, 0.25) is 0 Å². The number of hydrogen-bond acceptors (Lipinski definition) is 2. The summed E-state index contributed by atoms with van der Waals surface area (Å²) in [6, 6.07) is 8.28. The van der Waals surface area contributed by atoms with Gasteiger partial charge >= 0.3 is 0 Å². The summed E-state index contributed by atoms with van der Waals surface area (Å²) in [5.41, 5.74) is 7.28. The SMILES string of the molecule is CNCCCC(N)c1ccccc1Br. The summed E-state index contributed by atoms with van der Waals surface area (Å²) in [4.78, 5) is 0. The molecule has 78 valence electrons. The third-order valence-electron chi connectivity index (χ3n) is 2.25. The minimum absolute atomic E-state index is 0.138. The summed E-state index contributed by atoms with van der Waals surface area (Å²) in [6.45, 7) is 1.03. The lowest BCUT2D eigenvalue weighted by molar-refractivity contribution is 0.589. The second-order valence-corrected chi connectivity index (χ2v) is 4.23. The van der Waals surface area contributed by atoms with E-state index in [1.807, 2.05) is 25.2 Å². The van der Waals surface area contributed by atoms with E-state index in [-0.39, 0.29) is 6.04 Å². The number of halogens is 1. The van der Waals surface area contributed by atoms with Crippen LogP contribution in [0.4, 0.5) is 0 Å². The van der Waals surface area contributed by atoms with Gasteiger partial charge in [0, 0.05) is 10.5 Å². The standard InChI is InChI=1S/C11H17BrN2/c1-14-8-4-7-11(13)9-5-2-3-6-10(9)12/h2-3,5-6,11,14H,4,7-8,13H2,1H3. The van der Waals surface area contributed by atoms with Crippen molar-refractivity contribution in [2.24, 2.45) is 5.73 Å². The predicted molar refractivity (Wildman–Crippen MR) is 64.2 cm³/mol. The minimum Gasteiger partial charge on any atom is -0.324 e. The summed E-state index contributed by atoms with van der Waals surface area (Å²) < 4.78 is 1.11. The van der Waals surface area contributed by atoms with Crippen molar-refractivity contribution in [1.82, 2.24) is 5.32 Å². The van der Waals surface area contributed by atoms with Crippen LogP contribution in [-0.4, -0.2) is 13.6 Å². The smallest absolute Gasteiger partial charge is 0.0306 e. The maximum absolute atomic E-state index is 6.08. The molecular formula is C11H17BrN2. The molecule has 1 atom stereocenters. The highest BCUT2D eigenvalue weighted by Gasteiger charge is 2.07. The first kappa shape index (κ1) is 11.7. The molecule has 3 N–H and O–H groups in total. The number of benzene rings is 1. The van der Waals surface area contributed by atoms with Crippen LogP contribution in [0.5, 0.6) is 0 Å². The van der Waals surface area contributed by atoms with Crippen LogP contribution >= 0.6 is 15.9 Å². The van der Waals surface area contributed by atoms with Crippen molar-refractivity contribution in [3.8, 4) is 0 Å². The second kappa shape index (κ2) is 6.17. The molecule has 0 heterocycles. The Labute approximate surface area is 94.0 Å². The van der Waals surface area contributed by atoms with Crippen molar-refractivity contribution in [1.29, 1.82) is 0 Å². The average Bonchev–Trinajstić information content (AvgIpc) is 2.18. The Balaban J connectivity index is 2.51. The van der Waals surface area contributed by atoms with Crippen molar-refractivity contribution < 1.29 is 0 Å². The molecule has 0 radical (unpaired) electrons. The molecule has 0 fully saturated rings. The largest absolute Gasteiger partial charge is 0.324 e. The quantitative estimate of drug-likeness (QED) is 0.795. The van der Waals surface area contributed by atoms with Crippen LogP contribution in [0, 0.1) is 0 Å². The lowest BCUT2D eigenvalue weighted by Crippen LogP contribution is -2.14. The maximum Gasteiger partial charge on any atom is 0.0306 e. The van der Waals surface area contributed by atoms with Gasteiger partial charge in [0.1, 0.15) is 0 Å². The van der Waals surface area contributed by atoms with Crippen LogP contribution in [0.25, 0.3) is 0 Å². The van der Waals surface area contributed by atoms with E-state index in [2.05, 4.69) is 27.3 Å². The molecule has 1 aromatic carbocycles. The topological polar surface area (TPSA) is 38.0 Å². The van der Waals surface area contributed by atoms with E-state index in [0.717, 1.165) is 23.9 Å². The van der Waals surface area contributed by atoms with Gasteiger partial charge in [0.25, 0.3) is 0 Å². The van der Waals surface area contributed by atoms with Gasteiger partial charge in [-0.25, -0.2) is 0 Å². The molecule has 1 unspecified atom stereocenters. The zero-order valence-electron chi connectivity index (χ0n) is 8.46. The monoisotopic (exact) mass is 256 g/mol. The van der Waals surface area contributed by atoms with E-state index < -0.39 is 0 Å². The Morgan fingerprint density at radius 1 is 1.43 bits per heavy atom. The summed E-state index contributed by atoms with van der Waals surface area (Å²) in [5.74, 6) is 0. The fourth-order valence-corrected chi connectivity index (χ4v) is 2.01. The third-order valence-corrected chi connectivity index (χ3v) is 2.97. The van der Waals surface area contributed by atoms with Gasteiger partial charge in [0.2, 0.25) is 0 Å². The van der Waals surface area contributed by atoms with Crippen molar-refractivity contribution in [3.63, 3.8) is 0 Å². The number of nitrogens with two attached hydrogens (primary N) is 1. The number of hydrogen-bond donors (Lipinski definition) is 2. The Hall–Kier alpha value is -0.380. The first-order valence-corrected chi connectivity index (χ1v) is 5.69. The van der Waals surface area contributed by atoms with E-state index in [1.54, 1.807) is 0 Å². The Kier molecular flexibility index (Phi) is 5.15. The molecule has 1 rings (SSSR count). The average molecular weight is 257 g/mol. The van der Waals surface area contributed by atoms with E-state index in [4.69, 9.17) is 5.73 Å². The van der Waals surface area contributed by atoms with Gasteiger partial charge < -0.3 is 11.1 Å². The molecule has 0 aliphatic rings. The van der Waals surface area contributed by atoms with Crippen LogP contribution < -0.4 is 11.1 Å². The zero-order chi connectivity index (χ0) is 10.4. The van der Waals surface area contributed by atoms with Gasteiger partial charge in [-0.3, -0.25) is 0 Å². The summed E-state index contributed by atoms with van der Waals surface area (Å²) in [7, 11) is 1.96. The van der Waals surface area contributed by atoms with Crippen molar-refractivity contribution in [2.75, 3.05) is 13.6 Å². The lowest BCUT2D eigenvalue weighted by atomic mass is 10.0. The van der Waals surface area contributed by atoms with Gasteiger partial charge in [-0.1, -0.05) is 34.1 Å². The fourth-order valence-electron chi connectivity index (χ4n) is 1.43. The molecule has 0 aliphatic heterocycles. The molecule has 0 aliphatic carbocycles. The van der Waals surface area contributed by atoms with Gasteiger partial charge in [-0.2, -0.15) is 0 Å². The summed E-state index contributed by atoms with van der Waals surface area (Å²) in [5, 5.41) is 3.12. The number of nitrogens with one attached hydrogen (secondary N) is 1.